The third-order valence-corrected chi connectivity index (χ3v) is 3.64. The van der Waals surface area contributed by atoms with Gasteiger partial charge in [-0.25, -0.2) is 0 Å². The second-order valence-corrected chi connectivity index (χ2v) is 5.09. The van der Waals surface area contributed by atoms with Crippen LogP contribution in [0, 0.1) is 0 Å². The van der Waals surface area contributed by atoms with Gasteiger partial charge in [0.1, 0.15) is 17.2 Å². The van der Waals surface area contributed by atoms with Crippen LogP contribution in [0.3, 0.4) is 0 Å². The number of amides is 1. The van der Waals surface area contributed by atoms with Gasteiger partial charge < -0.3 is 19.9 Å². The second-order valence-electron chi connectivity index (χ2n) is 5.09. The van der Waals surface area contributed by atoms with E-state index < -0.39 is 0 Å². The number of phenolic OH excluding ortho intramolecular Hbond substituents is 1. The molecule has 0 saturated carbocycles. The van der Waals surface area contributed by atoms with Crippen molar-refractivity contribution in [2.75, 3.05) is 14.2 Å². The average Bonchev–Trinajstić information content (AvgIpc) is 2.59. The van der Waals surface area contributed by atoms with Gasteiger partial charge in [-0.05, 0) is 24.6 Å². The van der Waals surface area contributed by atoms with Crippen LogP contribution in [-0.4, -0.2) is 25.2 Å². The molecule has 0 heterocycles. The molecule has 0 unspecified atom stereocenters. The van der Waals surface area contributed by atoms with Crippen LogP contribution in [0.4, 0.5) is 0 Å². The van der Waals surface area contributed by atoms with Crippen LogP contribution in [0.2, 0.25) is 0 Å². The maximum Gasteiger partial charge on any atom is 0.252 e. The van der Waals surface area contributed by atoms with E-state index in [-0.39, 0.29) is 17.7 Å². The van der Waals surface area contributed by atoms with E-state index in [0.717, 1.165) is 0 Å². The number of phenols is 1. The summed E-state index contributed by atoms with van der Waals surface area (Å²) in [4.78, 5) is 12.5. The molecule has 1 amide bonds. The first-order valence-corrected chi connectivity index (χ1v) is 7.40. The van der Waals surface area contributed by atoms with Crippen molar-refractivity contribution in [2.45, 2.75) is 19.4 Å². The van der Waals surface area contributed by atoms with E-state index in [1.165, 1.54) is 14.2 Å². The van der Waals surface area contributed by atoms with E-state index in [0.29, 0.717) is 29.0 Å². The number of para-hydroxylation sites is 1. The van der Waals surface area contributed by atoms with Gasteiger partial charge in [0.25, 0.3) is 5.91 Å². The molecular weight excluding hydrogens is 294 g/mol. The molecule has 0 aliphatic heterocycles. The fraction of sp³-hybridized carbons (Fsp3) is 0.278. The molecule has 0 bridgehead atoms. The van der Waals surface area contributed by atoms with Crippen molar-refractivity contribution in [2.24, 2.45) is 0 Å². The van der Waals surface area contributed by atoms with Crippen molar-refractivity contribution < 1.29 is 19.4 Å². The van der Waals surface area contributed by atoms with Crippen LogP contribution in [0.25, 0.3) is 0 Å². The lowest BCUT2D eigenvalue weighted by Gasteiger charge is -2.19. The number of carbonyl (C=O) groups is 1. The standard InChI is InChI=1S/C18H21NO4/c1-4-16(15-7-5-6-8-17(15)20)19-18(21)12-9-13(22-2)11-14(10-12)23-3/h5-11,16,20H,4H2,1-3H3,(H,19,21)/t16-/m0/s1. The van der Waals surface area contributed by atoms with Gasteiger partial charge in [0.2, 0.25) is 0 Å². The maximum absolute atomic E-state index is 12.5. The lowest BCUT2D eigenvalue weighted by molar-refractivity contribution is 0.0934. The molecule has 0 spiro atoms. The largest absolute Gasteiger partial charge is 0.508 e. The van der Waals surface area contributed by atoms with E-state index in [1.54, 1.807) is 36.4 Å². The fourth-order valence-electron chi connectivity index (χ4n) is 2.36. The molecule has 0 saturated heterocycles. The molecule has 2 rings (SSSR count). The number of nitrogens with one attached hydrogen (secondary N) is 1. The van der Waals surface area contributed by atoms with Crippen molar-refractivity contribution >= 4 is 5.91 Å². The van der Waals surface area contributed by atoms with Gasteiger partial charge in [0.05, 0.1) is 20.3 Å². The van der Waals surface area contributed by atoms with Crippen molar-refractivity contribution in [3.8, 4) is 17.2 Å². The summed E-state index contributed by atoms with van der Waals surface area (Å²) < 4.78 is 10.4. The van der Waals surface area contributed by atoms with Crippen LogP contribution in [-0.2, 0) is 0 Å². The number of rotatable bonds is 6. The number of methoxy groups -OCH3 is 2. The highest BCUT2D eigenvalue weighted by Gasteiger charge is 2.18. The minimum atomic E-state index is -0.277. The number of carbonyl (C=O) groups excluding carboxylic acids is 1. The third-order valence-electron chi connectivity index (χ3n) is 3.64. The molecule has 2 N–H and O–H groups in total. The predicted octanol–water partition coefficient (Wildman–Crippen LogP) is 3.29. The number of benzene rings is 2. The molecule has 0 radical (unpaired) electrons. The zero-order chi connectivity index (χ0) is 16.8. The van der Waals surface area contributed by atoms with Crippen molar-refractivity contribution in [3.63, 3.8) is 0 Å². The highest BCUT2D eigenvalue weighted by Crippen LogP contribution is 2.27. The SMILES string of the molecule is CC[C@H](NC(=O)c1cc(OC)cc(OC)c1)c1ccccc1O. The Morgan fingerprint density at radius 1 is 1.13 bits per heavy atom. The molecule has 23 heavy (non-hydrogen) atoms. The van der Waals surface area contributed by atoms with Crippen LogP contribution in [0.5, 0.6) is 17.2 Å². The lowest BCUT2D eigenvalue weighted by Crippen LogP contribution is -2.28. The Balaban J connectivity index is 2.25. The topological polar surface area (TPSA) is 67.8 Å². The minimum absolute atomic E-state index is 0.169. The molecule has 0 fully saturated rings. The Kier molecular flexibility index (Phi) is 5.46. The summed E-state index contributed by atoms with van der Waals surface area (Å²) in [5.74, 6) is 1.01. The van der Waals surface area contributed by atoms with Crippen molar-refractivity contribution in [1.29, 1.82) is 0 Å². The molecule has 0 aromatic heterocycles. The van der Waals surface area contributed by atoms with E-state index in [4.69, 9.17) is 9.47 Å². The Morgan fingerprint density at radius 2 is 1.74 bits per heavy atom. The van der Waals surface area contributed by atoms with Gasteiger partial charge in [0.15, 0.2) is 0 Å². The van der Waals surface area contributed by atoms with Gasteiger partial charge in [-0.1, -0.05) is 25.1 Å². The molecule has 1 atom stereocenters. The highest BCUT2D eigenvalue weighted by molar-refractivity contribution is 5.95. The molecule has 5 heteroatoms. The Labute approximate surface area is 135 Å². The highest BCUT2D eigenvalue weighted by atomic mass is 16.5. The smallest absolute Gasteiger partial charge is 0.252 e. The molecular formula is C18H21NO4. The Morgan fingerprint density at radius 3 is 2.26 bits per heavy atom. The summed E-state index contributed by atoms with van der Waals surface area (Å²) in [6.07, 6.45) is 0.657. The first kappa shape index (κ1) is 16.7. The van der Waals surface area contributed by atoms with Gasteiger partial charge in [-0.3, -0.25) is 4.79 Å². The summed E-state index contributed by atoms with van der Waals surface area (Å²) in [5, 5.41) is 12.9. The van der Waals surface area contributed by atoms with Gasteiger partial charge in [-0.2, -0.15) is 0 Å². The first-order chi connectivity index (χ1) is 11.1. The minimum Gasteiger partial charge on any atom is -0.508 e. The van der Waals surface area contributed by atoms with E-state index in [9.17, 15) is 9.90 Å². The van der Waals surface area contributed by atoms with Gasteiger partial charge >= 0.3 is 0 Å². The Bertz CT molecular complexity index is 662. The van der Waals surface area contributed by atoms with E-state index >= 15 is 0 Å². The average molecular weight is 315 g/mol. The molecule has 2 aromatic carbocycles. The van der Waals surface area contributed by atoms with Crippen LogP contribution < -0.4 is 14.8 Å². The van der Waals surface area contributed by atoms with Crippen LogP contribution in [0.1, 0.15) is 35.3 Å². The molecule has 2 aromatic rings. The number of ether oxygens (including phenoxy) is 2. The van der Waals surface area contributed by atoms with E-state index in [2.05, 4.69) is 5.32 Å². The number of hydrogen-bond donors (Lipinski definition) is 2. The van der Waals surface area contributed by atoms with Gasteiger partial charge in [-0.15, -0.1) is 0 Å². The number of aromatic hydroxyl groups is 1. The summed E-state index contributed by atoms with van der Waals surface area (Å²) in [6, 6.07) is 11.7. The summed E-state index contributed by atoms with van der Waals surface area (Å²) >= 11 is 0. The third kappa shape index (κ3) is 3.94. The maximum atomic E-state index is 12.5. The predicted molar refractivity (Wildman–Crippen MR) is 88.2 cm³/mol. The zero-order valence-corrected chi connectivity index (χ0v) is 13.5. The monoisotopic (exact) mass is 315 g/mol. The van der Waals surface area contributed by atoms with Crippen molar-refractivity contribution in [3.05, 3.63) is 53.6 Å². The Hall–Kier alpha value is -2.69. The summed E-state index contributed by atoms with van der Waals surface area (Å²) in [6.45, 7) is 1.95. The van der Waals surface area contributed by atoms with Crippen molar-refractivity contribution in [1.82, 2.24) is 5.32 Å². The molecule has 5 nitrogen and oxygen atoms in total. The van der Waals surface area contributed by atoms with Crippen LogP contribution in [0.15, 0.2) is 42.5 Å². The number of hydrogen-bond acceptors (Lipinski definition) is 4. The first-order valence-electron chi connectivity index (χ1n) is 7.40. The molecule has 0 aliphatic rings. The van der Waals surface area contributed by atoms with E-state index in [1.807, 2.05) is 13.0 Å². The second kappa shape index (κ2) is 7.54. The zero-order valence-electron chi connectivity index (χ0n) is 13.5. The normalized spacial score (nSPS) is 11.6. The fourth-order valence-corrected chi connectivity index (χ4v) is 2.36. The van der Waals surface area contributed by atoms with Crippen LogP contribution >= 0.6 is 0 Å². The quantitative estimate of drug-likeness (QED) is 0.858. The van der Waals surface area contributed by atoms with Gasteiger partial charge in [0, 0.05) is 17.2 Å². The molecule has 122 valence electrons. The summed E-state index contributed by atoms with van der Waals surface area (Å²) in [5.41, 5.74) is 1.13. The summed E-state index contributed by atoms with van der Waals surface area (Å²) in [7, 11) is 3.07. The molecule has 0 aliphatic carbocycles. The lowest BCUT2D eigenvalue weighted by atomic mass is 10.0.